The van der Waals surface area contributed by atoms with Crippen LogP contribution < -0.4 is 9.64 Å². The van der Waals surface area contributed by atoms with Crippen LogP contribution >= 0.6 is 11.3 Å². The number of aromatic nitrogens is 3. The monoisotopic (exact) mass is 511 g/mol. The normalized spacial score (nSPS) is 17.5. The van der Waals surface area contributed by atoms with E-state index >= 15 is 0 Å². The number of hydrogen-bond acceptors (Lipinski definition) is 7. The Morgan fingerprint density at radius 2 is 2.06 bits per heavy atom. The number of carboxylic acids is 1. The summed E-state index contributed by atoms with van der Waals surface area (Å²) in [6.07, 6.45) is -3.47. The van der Waals surface area contributed by atoms with Crippen molar-refractivity contribution in [2.45, 2.75) is 39.0 Å². The van der Waals surface area contributed by atoms with Crippen LogP contribution in [0.4, 0.5) is 18.3 Å². The van der Waals surface area contributed by atoms with E-state index in [0.717, 1.165) is 36.4 Å². The van der Waals surface area contributed by atoms with Crippen molar-refractivity contribution in [3.63, 3.8) is 0 Å². The number of aryl methyl sites for hydroxylation is 1. The van der Waals surface area contributed by atoms with Gasteiger partial charge in [0.25, 0.3) is 0 Å². The summed E-state index contributed by atoms with van der Waals surface area (Å²) >= 11 is 1.30. The largest absolute Gasteiger partial charge is 0.479 e. The lowest BCUT2D eigenvalue weighted by atomic mass is 10.0. The number of aliphatic carboxylic acids is 1. The second-order valence-corrected chi connectivity index (χ2v) is 10.2. The Morgan fingerprint density at radius 3 is 2.74 bits per heavy atom. The molecular formula is C23H28F3N5O3S. The Kier molecular flexibility index (Phi) is 7.22. The summed E-state index contributed by atoms with van der Waals surface area (Å²) in [7, 11) is 1.71. The predicted octanol–water partition coefficient (Wildman–Crippen LogP) is 4.25. The number of hydrogen-bond donors (Lipinski definition) is 1. The van der Waals surface area contributed by atoms with Crippen molar-refractivity contribution < 1.29 is 27.8 Å². The minimum absolute atomic E-state index is 0.151. The van der Waals surface area contributed by atoms with E-state index < -0.39 is 24.3 Å². The molecule has 0 amide bonds. The molecule has 0 bridgehead atoms. The number of halogens is 3. The predicted molar refractivity (Wildman–Crippen MR) is 127 cm³/mol. The van der Waals surface area contributed by atoms with Crippen molar-refractivity contribution in [1.29, 1.82) is 0 Å². The molecule has 35 heavy (non-hydrogen) atoms. The fraction of sp³-hybridized carbons (Fsp3) is 0.522. The zero-order valence-corrected chi connectivity index (χ0v) is 20.6. The first-order valence-corrected chi connectivity index (χ1v) is 12.2. The van der Waals surface area contributed by atoms with E-state index in [9.17, 15) is 18.0 Å². The molecule has 0 unspecified atom stereocenters. The van der Waals surface area contributed by atoms with Gasteiger partial charge in [-0.2, -0.15) is 18.3 Å². The average Bonchev–Trinajstić information content (AvgIpc) is 3.33. The average molecular weight is 512 g/mol. The number of carbonyl (C=O) groups is 1. The summed E-state index contributed by atoms with van der Waals surface area (Å²) in [6, 6.07) is 5.60. The van der Waals surface area contributed by atoms with Crippen LogP contribution in [-0.2, 0) is 24.6 Å². The molecule has 1 atom stereocenters. The number of carboxylic acid groups (broad SMARTS) is 1. The first-order valence-electron chi connectivity index (χ1n) is 11.3. The van der Waals surface area contributed by atoms with Gasteiger partial charge in [-0.15, -0.1) is 0 Å². The SMILES string of the molecule is CC(C)C[C@@H]1CN(Cc2cc(OCC(=O)O)n(C)n2)CCN1c1nc2ccc(C(F)(F)F)cc2s1. The van der Waals surface area contributed by atoms with E-state index in [1.54, 1.807) is 13.1 Å². The van der Waals surface area contributed by atoms with Crippen LogP contribution in [-0.4, -0.2) is 63.0 Å². The highest BCUT2D eigenvalue weighted by atomic mass is 32.1. The molecule has 4 rings (SSSR count). The van der Waals surface area contributed by atoms with Gasteiger partial charge in [-0.25, -0.2) is 14.5 Å². The van der Waals surface area contributed by atoms with Crippen molar-refractivity contribution >= 4 is 32.7 Å². The van der Waals surface area contributed by atoms with Crippen LogP contribution in [0, 0.1) is 5.92 Å². The first kappa shape index (κ1) is 25.2. The van der Waals surface area contributed by atoms with Crippen molar-refractivity contribution in [2.75, 3.05) is 31.1 Å². The molecule has 0 spiro atoms. The molecular weight excluding hydrogens is 483 g/mol. The standard InChI is InChI=1S/C23H28F3N5O3S/c1-14(2)8-17-12-30(11-16-10-20(29(3)28-16)34-13-21(32)33)6-7-31(17)22-27-18-5-4-15(23(24,25)26)9-19(18)35-22/h4-5,9-10,14,17H,6-8,11-13H2,1-3H3,(H,32,33)/t17-/m1/s1. The van der Waals surface area contributed by atoms with Crippen molar-refractivity contribution in [3.8, 4) is 5.88 Å². The van der Waals surface area contributed by atoms with Gasteiger partial charge >= 0.3 is 12.1 Å². The third-order valence-corrected chi connectivity index (χ3v) is 6.93. The number of ether oxygens (including phenoxy) is 1. The van der Waals surface area contributed by atoms with Gasteiger partial charge in [-0.05, 0) is 30.5 Å². The van der Waals surface area contributed by atoms with Crippen LogP contribution in [0.25, 0.3) is 10.2 Å². The molecule has 1 fully saturated rings. The van der Waals surface area contributed by atoms with Crippen LogP contribution in [0.1, 0.15) is 31.5 Å². The molecule has 3 aromatic rings. The molecule has 0 saturated carbocycles. The minimum atomic E-state index is -4.38. The molecule has 1 aromatic carbocycles. The van der Waals surface area contributed by atoms with Gasteiger partial charge in [-0.1, -0.05) is 25.2 Å². The zero-order valence-electron chi connectivity index (χ0n) is 19.7. The van der Waals surface area contributed by atoms with E-state index in [4.69, 9.17) is 9.84 Å². The molecule has 1 aliphatic rings. The second-order valence-electron chi connectivity index (χ2n) is 9.17. The number of thiazole rings is 1. The Labute approximate surface area is 204 Å². The number of benzene rings is 1. The number of piperazine rings is 1. The Morgan fingerprint density at radius 1 is 1.29 bits per heavy atom. The maximum Gasteiger partial charge on any atom is 0.416 e. The summed E-state index contributed by atoms with van der Waals surface area (Å²) in [5.74, 6) is -0.225. The zero-order chi connectivity index (χ0) is 25.3. The third-order valence-electron chi connectivity index (χ3n) is 5.88. The van der Waals surface area contributed by atoms with E-state index in [1.807, 2.05) is 0 Å². The number of rotatable bonds is 8. The topological polar surface area (TPSA) is 83.7 Å². The van der Waals surface area contributed by atoms with Crippen LogP contribution in [0.5, 0.6) is 5.88 Å². The number of alkyl halides is 3. The summed E-state index contributed by atoms with van der Waals surface area (Å²) in [4.78, 5) is 19.9. The summed E-state index contributed by atoms with van der Waals surface area (Å²) < 4.78 is 46.7. The van der Waals surface area contributed by atoms with Gasteiger partial charge in [-0.3, -0.25) is 4.90 Å². The van der Waals surface area contributed by atoms with Gasteiger partial charge < -0.3 is 14.7 Å². The fourth-order valence-corrected chi connectivity index (χ4v) is 5.46. The van der Waals surface area contributed by atoms with Crippen LogP contribution in [0.3, 0.4) is 0 Å². The number of fused-ring (bicyclic) bond motifs is 1. The smallest absolute Gasteiger partial charge is 0.416 e. The van der Waals surface area contributed by atoms with E-state index in [1.165, 1.54) is 28.2 Å². The number of nitrogens with zero attached hydrogens (tertiary/aromatic N) is 5. The first-order chi connectivity index (χ1) is 16.5. The molecule has 1 aliphatic heterocycles. The third kappa shape index (κ3) is 6.04. The Bertz CT molecular complexity index is 1190. The second kappa shape index (κ2) is 10.0. The molecule has 0 radical (unpaired) electrons. The van der Waals surface area contributed by atoms with Gasteiger partial charge in [0.1, 0.15) is 0 Å². The molecule has 1 N–H and O–H groups in total. The maximum absolute atomic E-state index is 13.1. The van der Waals surface area contributed by atoms with Gasteiger partial charge in [0.05, 0.1) is 21.5 Å². The van der Waals surface area contributed by atoms with Crippen molar-refractivity contribution in [1.82, 2.24) is 19.7 Å². The molecule has 8 nitrogen and oxygen atoms in total. The van der Waals surface area contributed by atoms with Crippen molar-refractivity contribution in [3.05, 3.63) is 35.5 Å². The van der Waals surface area contributed by atoms with Gasteiger partial charge in [0, 0.05) is 45.3 Å². The Hall–Kier alpha value is -2.86. The van der Waals surface area contributed by atoms with Gasteiger partial charge in [0.15, 0.2) is 11.7 Å². The van der Waals surface area contributed by atoms with Crippen molar-refractivity contribution in [2.24, 2.45) is 13.0 Å². The summed E-state index contributed by atoms with van der Waals surface area (Å²) in [5.41, 5.74) is 0.696. The lowest BCUT2D eigenvalue weighted by molar-refractivity contribution is -0.139. The van der Waals surface area contributed by atoms with Crippen LogP contribution in [0.15, 0.2) is 24.3 Å². The van der Waals surface area contributed by atoms with Gasteiger partial charge in [0.2, 0.25) is 5.88 Å². The molecule has 0 aliphatic carbocycles. The highest BCUT2D eigenvalue weighted by Gasteiger charge is 2.32. The molecule has 2 aromatic heterocycles. The molecule has 3 heterocycles. The molecule has 1 saturated heterocycles. The summed E-state index contributed by atoms with van der Waals surface area (Å²) in [6.45, 7) is 6.64. The fourth-order valence-electron chi connectivity index (χ4n) is 4.36. The van der Waals surface area contributed by atoms with E-state index in [0.29, 0.717) is 35.1 Å². The lowest BCUT2D eigenvalue weighted by Crippen LogP contribution is -2.53. The highest BCUT2D eigenvalue weighted by Crippen LogP contribution is 2.37. The number of anilines is 1. The lowest BCUT2D eigenvalue weighted by Gasteiger charge is -2.42. The Balaban J connectivity index is 1.49. The molecule has 12 heteroatoms. The highest BCUT2D eigenvalue weighted by molar-refractivity contribution is 7.22. The minimum Gasteiger partial charge on any atom is -0.479 e. The van der Waals surface area contributed by atoms with E-state index in [-0.39, 0.29) is 6.04 Å². The summed E-state index contributed by atoms with van der Waals surface area (Å²) in [5, 5.41) is 14.0. The van der Waals surface area contributed by atoms with Crippen LogP contribution in [0.2, 0.25) is 0 Å². The quantitative estimate of drug-likeness (QED) is 0.484. The van der Waals surface area contributed by atoms with E-state index in [2.05, 4.69) is 33.7 Å². The maximum atomic E-state index is 13.1. The molecule has 190 valence electrons.